The Hall–Kier alpha value is -1.52. The van der Waals surface area contributed by atoms with Crippen LogP contribution in [0.5, 0.6) is 0 Å². The van der Waals surface area contributed by atoms with Crippen molar-refractivity contribution in [2.45, 2.75) is 19.9 Å². The summed E-state index contributed by atoms with van der Waals surface area (Å²) in [5.41, 5.74) is 4.46. The third-order valence-electron chi connectivity index (χ3n) is 1.50. The van der Waals surface area contributed by atoms with Gasteiger partial charge in [0.25, 0.3) is 5.56 Å². The molecule has 1 aromatic rings. The average molecular weight is 169 g/mol. The molecule has 0 fully saturated rings. The van der Waals surface area contributed by atoms with Crippen molar-refractivity contribution in [3.05, 3.63) is 27.0 Å². The van der Waals surface area contributed by atoms with Crippen molar-refractivity contribution in [3.63, 3.8) is 0 Å². The highest BCUT2D eigenvalue weighted by atomic mass is 16.2. The minimum atomic E-state index is -0.521. The van der Waals surface area contributed by atoms with E-state index >= 15 is 0 Å². The van der Waals surface area contributed by atoms with Gasteiger partial charge in [0, 0.05) is 12.7 Å². The first-order valence-electron chi connectivity index (χ1n) is 3.74. The van der Waals surface area contributed by atoms with E-state index in [1.807, 2.05) is 6.92 Å². The van der Waals surface area contributed by atoms with Crippen molar-refractivity contribution >= 4 is 5.69 Å². The van der Waals surface area contributed by atoms with Gasteiger partial charge in [0.2, 0.25) is 0 Å². The fourth-order valence-electron chi connectivity index (χ4n) is 0.933. The van der Waals surface area contributed by atoms with Crippen molar-refractivity contribution < 1.29 is 0 Å². The SMILES string of the molecule is CCCn1cc(N)c(=O)[nH]c1=O. The molecule has 0 spiro atoms. The number of nitrogens with one attached hydrogen (secondary N) is 1. The molecule has 0 aliphatic rings. The van der Waals surface area contributed by atoms with Crippen LogP contribution in [0.15, 0.2) is 15.8 Å². The summed E-state index contributed by atoms with van der Waals surface area (Å²) >= 11 is 0. The molecule has 1 rings (SSSR count). The number of H-pyrrole nitrogens is 1. The fourth-order valence-corrected chi connectivity index (χ4v) is 0.933. The zero-order valence-electron chi connectivity index (χ0n) is 6.83. The summed E-state index contributed by atoms with van der Waals surface area (Å²) in [7, 11) is 0. The molecule has 1 heterocycles. The minimum Gasteiger partial charge on any atom is -0.393 e. The van der Waals surface area contributed by atoms with Gasteiger partial charge in [0.05, 0.1) is 0 Å². The van der Waals surface area contributed by atoms with E-state index in [0.29, 0.717) is 6.54 Å². The lowest BCUT2D eigenvalue weighted by molar-refractivity contribution is 0.634. The molecule has 1 aromatic heterocycles. The van der Waals surface area contributed by atoms with Gasteiger partial charge in [-0.25, -0.2) is 4.79 Å². The Bertz CT molecular complexity index is 377. The van der Waals surface area contributed by atoms with Crippen molar-refractivity contribution in [1.29, 1.82) is 0 Å². The van der Waals surface area contributed by atoms with Crippen LogP contribution in [0, 0.1) is 0 Å². The highest BCUT2D eigenvalue weighted by Gasteiger charge is 1.98. The molecule has 3 N–H and O–H groups in total. The van der Waals surface area contributed by atoms with Crippen molar-refractivity contribution in [3.8, 4) is 0 Å². The van der Waals surface area contributed by atoms with Crippen molar-refractivity contribution in [1.82, 2.24) is 9.55 Å². The van der Waals surface area contributed by atoms with E-state index in [-0.39, 0.29) is 5.69 Å². The Balaban J connectivity index is 3.24. The third-order valence-corrected chi connectivity index (χ3v) is 1.50. The van der Waals surface area contributed by atoms with Crippen LogP contribution in [-0.2, 0) is 6.54 Å². The van der Waals surface area contributed by atoms with Crippen LogP contribution in [-0.4, -0.2) is 9.55 Å². The van der Waals surface area contributed by atoms with Crippen LogP contribution < -0.4 is 17.0 Å². The van der Waals surface area contributed by atoms with E-state index in [9.17, 15) is 9.59 Å². The maximum Gasteiger partial charge on any atom is 0.328 e. The lowest BCUT2D eigenvalue weighted by atomic mass is 10.4. The van der Waals surface area contributed by atoms with Crippen molar-refractivity contribution in [2.75, 3.05) is 5.73 Å². The number of nitrogen functional groups attached to an aromatic ring is 1. The number of aryl methyl sites for hydroxylation is 1. The average Bonchev–Trinajstić information content (AvgIpc) is 2.01. The van der Waals surface area contributed by atoms with Crippen LogP contribution in [0.3, 0.4) is 0 Å². The molecule has 0 aliphatic heterocycles. The molecule has 0 radical (unpaired) electrons. The molecule has 0 aromatic carbocycles. The van der Waals surface area contributed by atoms with Crippen molar-refractivity contribution in [2.24, 2.45) is 0 Å². The number of anilines is 1. The second-order valence-corrected chi connectivity index (χ2v) is 2.54. The monoisotopic (exact) mass is 169 g/mol. The van der Waals surface area contributed by atoms with Crippen LogP contribution in [0.2, 0.25) is 0 Å². The number of nitrogens with two attached hydrogens (primary N) is 1. The van der Waals surface area contributed by atoms with E-state index in [4.69, 9.17) is 5.73 Å². The zero-order valence-corrected chi connectivity index (χ0v) is 6.83. The predicted molar refractivity (Wildman–Crippen MR) is 46.0 cm³/mol. The maximum absolute atomic E-state index is 11.0. The molecule has 0 amide bonds. The fraction of sp³-hybridized carbons (Fsp3) is 0.429. The molecule has 12 heavy (non-hydrogen) atoms. The Kier molecular flexibility index (Phi) is 2.32. The van der Waals surface area contributed by atoms with Gasteiger partial charge < -0.3 is 5.73 Å². The standard InChI is InChI=1S/C7H11N3O2/c1-2-3-10-4-5(8)6(11)9-7(10)12/h4H,2-3,8H2,1H3,(H,9,11,12). The summed E-state index contributed by atoms with van der Waals surface area (Å²) in [4.78, 5) is 24.0. The third kappa shape index (κ3) is 1.55. The molecule has 0 unspecified atom stereocenters. The highest BCUT2D eigenvalue weighted by Crippen LogP contribution is 1.88. The molecule has 0 saturated heterocycles. The Morgan fingerprint density at radius 2 is 2.25 bits per heavy atom. The van der Waals surface area contributed by atoms with E-state index in [1.54, 1.807) is 0 Å². The van der Waals surface area contributed by atoms with Gasteiger partial charge in [0.1, 0.15) is 5.69 Å². The van der Waals surface area contributed by atoms with Gasteiger partial charge in [-0.2, -0.15) is 0 Å². The predicted octanol–water partition coefficient (Wildman–Crippen LogP) is -0.471. The molecular formula is C7H11N3O2. The van der Waals surface area contributed by atoms with E-state index in [0.717, 1.165) is 6.42 Å². The summed E-state index contributed by atoms with van der Waals surface area (Å²) < 4.78 is 1.39. The maximum atomic E-state index is 11.0. The van der Waals surface area contributed by atoms with E-state index in [2.05, 4.69) is 4.98 Å². The lowest BCUT2D eigenvalue weighted by Crippen LogP contribution is -2.30. The normalized spacial score (nSPS) is 10.1. The van der Waals surface area contributed by atoms with Gasteiger partial charge in [-0.3, -0.25) is 14.3 Å². The number of hydrogen-bond acceptors (Lipinski definition) is 3. The van der Waals surface area contributed by atoms with Crippen LogP contribution in [0.4, 0.5) is 5.69 Å². The molecule has 0 bridgehead atoms. The quantitative estimate of drug-likeness (QED) is 0.628. The van der Waals surface area contributed by atoms with Gasteiger partial charge in [-0.15, -0.1) is 0 Å². The molecule has 0 aliphatic carbocycles. The van der Waals surface area contributed by atoms with Gasteiger partial charge >= 0.3 is 5.69 Å². The first-order valence-corrected chi connectivity index (χ1v) is 3.74. The number of aromatic amines is 1. The molecular weight excluding hydrogens is 158 g/mol. The summed E-state index contributed by atoms with van der Waals surface area (Å²) in [6.07, 6.45) is 2.19. The van der Waals surface area contributed by atoms with Crippen LogP contribution in [0.1, 0.15) is 13.3 Å². The first kappa shape index (κ1) is 8.58. The minimum absolute atomic E-state index is 0.0723. The summed E-state index contributed by atoms with van der Waals surface area (Å²) in [6, 6.07) is 0. The summed E-state index contributed by atoms with van der Waals surface area (Å²) in [5, 5.41) is 0. The number of rotatable bonds is 2. The van der Waals surface area contributed by atoms with Gasteiger partial charge in [-0.1, -0.05) is 6.92 Å². The topological polar surface area (TPSA) is 80.9 Å². The number of aromatic nitrogens is 2. The molecule has 0 saturated carbocycles. The second-order valence-electron chi connectivity index (χ2n) is 2.54. The lowest BCUT2D eigenvalue weighted by Gasteiger charge is -2.01. The van der Waals surface area contributed by atoms with Gasteiger partial charge in [0.15, 0.2) is 0 Å². The Labute approximate surface area is 68.8 Å². The largest absolute Gasteiger partial charge is 0.393 e. The highest BCUT2D eigenvalue weighted by molar-refractivity contribution is 5.30. The van der Waals surface area contributed by atoms with Crippen LogP contribution in [0.25, 0.3) is 0 Å². The van der Waals surface area contributed by atoms with E-state index < -0.39 is 11.2 Å². The Morgan fingerprint density at radius 3 is 2.83 bits per heavy atom. The van der Waals surface area contributed by atoms with Gasteiger partial charge in [-0.05, 0) is 6.42 Å². The summed E-state index contributed by atoms with van der Waals surface area (Å²) in [6.45, 7) is 2.51. The smallest absolute Gasteiger partial charge is 0.328 e. The number of nitrogens with zero attached hydrogens (tertiary/aromatic N) is 1. The summed E-state index contributed by atoms with van der Waals surface area (Å²) in [5.74, 6) is 0. The molecule has 5 heteroatoms. The van der Waals surface area contributed by atoms with E-state index in [1.165, 1.54) is 10.8 Å². The molecule has 66 valence electrons. The molecule has 5 nitrogen and oxygen atoms in total. The Morgan fingerprint density at radius 1 is 1.58 bits per heavy atom. The van der Waals surface area contributed by atoms with Crippen LogP contribution >= 0.6 is 0 Å². The number of hydrogen-bond donors (Lipinski definition) is 2. The first-order chi connectivity index (χ1) is 5.65. The zero-order chi connectivity index (χ0) is 9.14. The molecule has 0 atom stereocenters. The second kappa shape index (κ2) is 3.25.